The highest BCUT2D eigenvalue weighted by atomic mass is 15.2. The lowest BCUT2D eigenvalue weighted by Gasteiger charge is -2.40. The van der Waals surface area contributed by atoms with E-state index in [1.54, 1.807) is 0 Å². The normalized spacial score (nSPS) is 37.4. The van der Waals surface area contributed by atoms with Crippen molar-refractivity contribution < 1.29 is 0 Å². The van der Waals surface area contributed by atoms with Gasteiger partial charge in [-0.05, 0) is 64.1 Å². The zero-order valence-corrected chi connectivity index (χ0v) is 11.2. The molecule has 98 valence electrons. The van der Waals surface area contributed by atoms with E-state index in [1.807, 2.05) is 0 Å². The van der Waals surface area contributed by atoms with Gasteiger partial charge in [0.1, 0.15) is 0 Å². The highest BCUT2D eigenvalue weighted by Crippen LogP contribution is 2.34. The lowest BCUT2D eigenvalue weighted by atomic mass is 9.87. The topological polar surface area (TPSA) is 15.3 Å². The van der Waals surface area contributed by atoms with Crippen molar-refractivity contribution in [2.45, 2.75) is 69.9 Å². The summed E-state index contributed by atoms with van der Waals surface area (Å²) in [7, 11) is 0. The lowest BCUT2D eigenvalue weighted by molar-refractivity contribution is 0.0960. The van der Waals surface area contributed by atoms with Gasteiger partial charge in [-0.15, -0.1) is 0 Å². The molecule has 2 nitrogen and oxygen atoms in total. The summed E-state index contributed by atoms with van der Waals surface area (Å²) in [5.41, 5.74) is 0. The molecule has 3 aliphatic rings. The Morgan fingerprint density at radius 1 is 0.824 bits per heavy atom. The van der Waals surface area contributed by atoms with E-state index in [-0.39, 0.29) is 0 Å². The zero-order chi connectivity index (χ0) is 11.5. The van der Waals surface area contributed by atoms with E-state index < -0.39 is 0 Å². The van der Waals surface area contributed by atoms with E-state index in [0.29, 0.717) is 0 Å². The van der Waals surface area contributed by atoms with Crippen molar-refractivity contribution in [1.29, 1.82) is 0 Å². The van der Waals surface area contributed by atoms with E-state index >= 15 is 0 Å². The second-order valence-corrected chi connectivity index (χ2v) is 6.35. The molecule has 1 saturated carbocycles. The van der Waals surface area contributed by atoms with Crippen LogP contribution in [0, 0.1) is 5.92 Å². The number of hydrogen-bond donors (Lipinski definition) is 1. The summed E-state index contributed by atoms with van der Waals surface area (Å²) >= 11 is 0. The molecular weight excluding hydrogens is 208 g/mol. The van der Waals surface area contributed by atoms with Gasteiger partial charge in [-0.3, -0.25) is 4.90 Å². The number of hydrogen-bond acceptors (Lipinski definition) is 2. The molecule has 2 heterocycles. The molecule has 2 saturated heterocycles. The Morgan fingerprint density at radius 3 is 2.47 bits per heavy atom. The maximum atomic E-state index is 3.61. The second kappa shape index (κ2) is 5.71. The van der Waals surface area contributed by atoms with Gasteiger partial charge < -0.3 is 5.32 Å². The molecule has 17 heavy (non-hydrogen) atoms. The van der Waals surface area contributed by atoms with Crippen LogP contribution in [0.3, 0.4) is 0 Å². The molecule has 0 aromatic heterocycles. The minimum absolute atomic E-state index is 0.922. The van der Waals surface area contributed by atoms with Gasteiger partial charge in [-0.1, -0.05) is 19.3 Å². The fourth-order valence-electron chi connectivity index (χ4n) is 4.39. The van der Waals surface area contributed by atoms with Crippen molar-refractivity contribution in [2.24, 2.45) is 5.92 Å². The molecule has 1 aliphatic carbocycles. The van der Waals surface area contributed by atoms with Gasteiger partial charge in [-0.2, -0.15) is 0 Å². The van der Waals surface area contributed by atoms with Gasteiger partial charge in [0.15, 0.2) is 0 Å². The van der Waals surface area contributed by atoms with Crippen molar-refractivity contribution in [2.75, 3.05) is 19.6 Å². The van der Waals surface area contributed by atoms with Crippen LogP contribution in [-0.4, -0.2) is 36.6 Å². The van der Waals surface area contributed by atoms with Crippen LogP contribution >= 0.6 is 0 Å². The molecule has 0 bridgehead atoms. The molecule has 1 N–H and O–H groups in total. The van der Waals surface area contributed by atoms with Gasteiger partial charge in [0.2, 0.25) is 0 Å². The van der Waals surface area contributed by atoms with E-state index in [2.05, 4.69) is 10.2 Å². The van der Waals surface area contributed by atoms with Crippen LogP contribution in [0.15, 0.2) is 0 Å². The Morgan fingerprint density at radius 2 is 1.71 bits per heavy atom. The van der Waals surface area contributed by atoms with Crippen molar-refractivity contribution in [3.05, 3.63) is 0 Å². The molecule has 2 atom stereocenters. The van der Waals surface area contributed by atoms with Crippen LogP contribution in [0.4, 0.5) is 0 Å². The van der Waals surface area contributed by atoms with Crippen LogP contribution in [0.2, 0.25) is 0 Å². The van der Waals surface area contributed by atoms with Crippen molar-refractivity contribution in [3.63, 3.8) is 0 Å². The molecule has 0 aromatic rings. The summed E-state index contributed by atoms with van der Waals surface area (Å²) in [6, 6.07) is 1.86. The minimum atomic E-state index is 0.922. The standard InChI is InChI=1S/C15H28N2/c1-2-7-14(8-3-1)17-11-5-9-15(17)13-6-4-10-16-12-13/h13-16H,1-12H2. The number of nitrogens with one attached hydrogen (secondary N) is 1. The molecule has 3 fully saturated rings. The maximum Gasteiger partial charge on any atom is 0.0139 e. The fraction of sp³-hybridized carbons (Fsp3) is 1.00. The number of nitrogens with zero attached hydrogens (tertiary/aromatic N) is 1. The van der Waals surface area contributed by atoms with Crippen LogP contribution < -0.4 is 5.32 Å². The first-order valence-corrected chi connectivity index (χ1v) is 7.91. The average Bonchev–Trinajstić information content (AvgIpc) is 2.90. The van der Waals surface area contributed by atoms with Gasteiger partial charge in [0, 0.05) is 12.1 Å². The number of piperidine rings is 1. The Labute approximate surface area is 106 Å². The highest BCUT2D eigenvalue weighted by molar-refractivity contribution is 4.91. The molecule has 2 aliphatic heterocycles. The number of rotatable bonds is 2. The smallest absolute Gasteiger partial charge is 0.0139 e. The Kier molecular flexibility index (Phi) is 4.02. The molecule has 0 amide bonds. The summed E-state index contributed by atoms with van der Waals surface area (Å²) in [4.78, 5) is 2.91. The first-order chi connectivity index (χ1) is 8.45. The molecular formula is C15H28N2. The summed E-state index contributed by atoms with van der Waals surface area (Å²) in [5.74, 6) is 0.952. The van der Waals surface area contributed by atoms with Crippen molar-refractivity contribution in [3.8, 4) is 0 Å². The van der Waals surface area contributed by atoms with E-state index in [1.165, 1.54) is 77.4 Å². The second-order valence-electron chi connectivity index (χ2n) is 6.35. The van der Waals surface area contributed by atoms with E-state index in [0.717, 1.165) is 18.0 Å². The third-order valence-corrected chi connectivity index (χ3v) is 5.27. The molecule has 2 unspecified atom stereocenters. The fourth-order valence-corrected chi connectivity index (χ4v) is 4.39. The Hall–Kier alpha value is -0.0800. The summed E-state index contributed by atoms with van der Waals surface area (Å²) in [6.45, 7) is 3.94. The molecule has 3 rings (SSSR count). The van der Waals surface area contributed by atoms with Gasteiger partial charge >= 0.3 is 0 Å². The molecule has 0 radical (unpaired) electrons. The van der Waals surface area contributed by atoms with Gasteiger partial charge in [0.05, 0.1) is 0 Å². The van der Waals surface area contributed by atoms with Gasteiger partial charge in [0.25, 0.3) is 0 Å². The predicted molar refractivity (Wildman–Crippen MR) is 72.2 cm³/mol. The predicted octanol–water partition coefficient (Wildman–Crippen LogP) is 2.78. The average molecular weight is 236 g/mol. The highest BCUT2D eigenvalue weighted by Gasteiger charge is 2.36. The van der Waals surface area contributed by atoms with Crippen molar-refractivity contribution in [1.82, 2.24) is 10.2 Å². The van der Waals surface area contributed by atoms with Crippen molar-refractivity contribution >= 4 is 0 Å². The summed E-state index contributed by atoms with van der Waals surface area (Å²) < 4.78 is 0. The van der Waals surface area contributed by atoms with Gasteiger partial charge in [-0.25, -0.2) is 0 Å². The largest absolute Gasteiger partial charge is 0.316 e. The molecule has 2 heteroatoms. The molecule has 0 aromatic carbocycles. The lowest BCUT2D eigenvalue weighted by Crippen LogP contribution is -2.47. The zero-order valence-electron chi connectivity index (χ0n) is 11.2. The monoisotopic (exact) mass is 236 g/mol. The van der Waals surface area contributed by atoms with E-state index in [9.17, 15) is 0 Å². The third kappa shape index (κ3) is 2.68. The third-order valence-electron chi connectivity index (χ3n) is 5.27. The quantitative estimate of drug-likeness (QED) is 0.793. The minimum Gasteiger partial charge on any atom is -0.316 e. The summed E-state index contributed by atoms with van der Waals surface area (Å²) in [5, 5.41) is 3.61. The SMILES string of the molecule is C1CCC(N2CCCC2C2CCCNC2)CC1. The molecule has 0 spiro atoms. The Balaban J connectivity index is 1.61. The Bertz CT molecular complexity index is 205. The van der Waals surface area contributed by atoms with E-state index in [4.69, 9.17) is 0 Å². The van der Waals surface area contributed by atoms with Crippen LogP contribution in [0.5, 0.6) is 0 Å². The summed E-state index contributed by atoms with van der Waals surface area (Å²) in [6.07, 6.45) is 13.2. The maximum absolute atomic E-state index is 3.61. The van der Waals surface area contributed by atoms with Crippen LogP contribution in [0.1, 0.15) is 57.8 Å². The van der Waals surface area contributed by atoms with Crippen LogP contribution in [0.25, 0.3) is 0 Å². The van der Waals surface area contributed by atoms with Crippen LogP contribution in [-0.2, 0) is 0 Å². The first kappa shape index (κ1) is 12.0. The first-order valence-electron chi connectivity index (χ1n) is 7.91. The number of likely N-dealkylation sites (tertiary alicyclic amines) is 1.